The molecule has 1 saturated carbocycles. The van der Waals surface area contributed by atoms with Gasteiger partial charge in [0.15, 0.2) is 0 Å². The van der Waals surface area contributed by atoms with Gasteiger partial charge in [0, 0.05) is 0 Å². The van der Waals surface area contributed by atoms with Crippen LogP contribution in [0.25, 0.3) is 0 Å². The maximum atomic E-state index is 9.64. The average Bonchev–Trinajstić information content (AvgIpc) is 2.68. The molecule has 2 rings (SSSR count). The lowest BCUT2D eigenvalue weighted by molar-refractivity contribution is 0.147. The van der Waals surface area contributed by atoms with Crippen LogP contribution < -0.4 is 0 Å². The maximum absolute atomic E-state index is 9.64. The van der Waals surface area contributed by atoms with Gasteiger partial charge < -0.3 is 5.11 Å². The third-order valence-electron chi connectivity index (χ3n) is 3.63. The van der Waals surface area contributed by atoms with Gasteiger partial charge in [0.05, 0.1) is 6.10 Å². The highest BCUT2D eigenvalue weighted by molar-refractivity contribution is 5.26. The Hall–Kier alpha value is -0.820. The van der Waals surface area contributed by atoms with E-state index in [-0.39, 0.29) is 11.5 Å². The van der Waals surface area contributed by atoms with Crippen LogP contribution in [-0.4, -0.2) is 11.2 Å². The third kappa shape index (κ3) is 2.23. The van der Waals surface area contributed by atoms with Crippen LogP contribution in [0, 0.1) is 0 Å². The fourth-order valence-electron chi connectivity index (χ4n) is 3.02. The molecular formula is C14H20O. The molecule has 15 heavy (non-hydrogen) atoms. The molecule has 1 heteroatoms. The van der Waals surface area contributed by atoms with E-state index in [0.29, 0.717) is 0 Å². The second-order valence-electron chi connectivity index (χ2n) is 4.91. The van der Waals surface area contributed by atoms with Crippen LogP contribution in [0.15, 0.2) is 30.3 Å². The SMILES string of the molecule is C[C@@H](O)CC1(c2ccccc2)CCCC1. The van der Waals surface area contributed by atoms with E-state index in [1.54, 1.807) is 0 Å². The first kappa shape index (κ1) is 10.7. The molecule has 0 spiro atoms. The lowest BCUT2D eigenvalue weighted by Crippen LogP contribution is -2.26. The molecule has 0 radical (unpaired) electrons. The molecule has 1 aliphatic carbocycles. The van der Waals surface area contributed by atoms with E-state index < -0.39 is 0 Å². The number of rotatable bonds is 3. The zero-order valence-corrected chi connectivity index (χ0v) is 9.45. The van der Waals surface area contributed by atoms with Gasteiger partial charge in [-0.25, -0.2) is 0 Å². The normalized spacial score (nSPS) is 21.5. The lowest BCUT2D eigenvalue weighted by Gasteiger charge is -2.31. The van der Waals surface area contributed by atoms with Crippen LogP contribution in [0.3, 0.4) is 0 Å². The zero-order chi connectivity index (χ0) is 10.7. The van der Waals surface area contributed by atoms with Crippen LogP contribution in [0.4, 0.5) is 0 Å². The van der Waals surface area contributed by atoms with Crippen LogP contribution in [-0.2, 0) is 5.41 Å². The Kier molecular flexibility index (Phi) is 3.11. The summed E-state index contributed by atoms with van der Waals surface area (Å²) in [5.74, 6) is 0. The molecule has 1 nitrogen and oxygen atoms in total. The summed E-state index contributed by atoms with van der Waals surface area (Å²) in [4.78, 5) is 0. The Bertz CT molecular complexity index is 296. The van der Waals surface area contributed by atoms with Gasteiger partial charge in [-0.05, 0) is 37.2 Å². The highest BCUT2D eigenvalue weighted by Gasteiger charge is 2.36. The van der Waals surface area contributed by atoms with E-state index in [9.17, 15) is 5.11 Å². The van der Waals surface area contributed by atoms with Crippen molar-refractivity contribution >= 4 is 0 Å². The quantitative estimate of drug-likeness (QED) is 0.801. The number of aliphatic hydroxyl groups is 1. The second-order valence-corrected chi connectivity index (χ2v) is 4.91. The minimum absolute atomic E-state index is 0.191. The van der Waals surface area contributed by atoms with Crippen molar-refractivity contribution in [1.82, 2.24) is 0 Å². The molecule has 1 aromatic carbocycles. The summed E-state index contributed by atoms with van der Waals surface area (Å²) in [6, 6.07) is 10.7. The molecule has 0 aromatic heterocycles. The predicted molar refractivity (Wildman–Crippen MR) is 62.9 cm³/mol. The van der Waals surface area contributed by atoms with Gasteiger partial charge in [0.1, 0.15) is 0 Å². The molecule has 0 unspecified atom stereocenters. The van der Waals surface area contributed by atoms with Crippen molar-refractivity contribution in [3.8, 4) is 0 Å². The van der Waals surface area contributed by atoms with E-state index in [4.69, 9.17) is 0 Å². The summed E-state index contributed by atoms with van der Waals surface area (Å²) in [5, 5.41) is 9.64. The van der Waals surface area contributed by atoms with E-state index in [1.807, 2.05) is 6.92 Å². The Morgan fingerprint density at radius 3 is 2.33 bits per heavy atom. The summed E-state index contributed by atoms with van der Waals surface area (Å²) in [5.41, 5.74) is 1.68. The number of benzene rings is 1. The molecule has 1 atom stereocenters. The van der Waals surface area contributed by atoms with Gasteiger partial charge in [-0.15, -0.1) is 0 Å². The van der Waals surface area contributed by atoms with Gasteiger partial charge in [-0.1, -0.05) is 43.2 Å². The smallest absolute Gasteiger partial charge is 0.0520 e. The second kappa shape index (κ2) is 4.36. The summed E-state index contributed by atoms with van der Waals surface area (Å²) >= 11 is 0. The molecule has 1 fully saturated rings. The Balaban J connectivity index is 2.26. The molecule has 0 heterocycles. The van der Waals surface area contributed by atoms with Crippen LogP contribution >= 0.6 is 0 Å². The molecule has 0 saturated heterocycles. The van der Waals surface area contributed by atoms with Crippen LogP contribution in [0.5, 0.6) is 0 Å². The van der Waals surface area contributed by atoms with Crippen molar-refractivity contribution in [3.05, 3.63) is 35.9 Å². The highest BCUT2D eigenvalue weighted by atomic mass is 16.3. The fraction of sp³-hybridized carbons (Fsp3) is 0.571. The molecule has 1 aromatic rings. The summed E-state index contributed by atoms with van der Waals surface area (Å²) < 4.78 is 0. The minimum atomic E-state index is -0.191. The molecular weight excluding hydrogens is 184 g/mol. The first-order valence-corrected chi connectivity index (χ1v) is 5.97. The molecule has 1 N–H and O–H groups in total. The largest absolute Gasteiger partial charge is 0.393 e. The maximum Gasteiger partial charge on any atom is 0.0520 e. The van der Waals surface area contributed by atoms with Crippen LogP contribution in [0.2, 0.25) is 0 Å². The van der Waals surface area contributed by atoms with Gasteiger partial charge in [0.25, 0.3) is 0 Å². The lowest BCUT2D eigenvalue weighted by atomic mass is 9.75. The number of hydrogen-bond acceptors (Lipinski definition) is 1. The van der Waals surface area contributed by atoms with Gasteiger partial charge >= 0.3 is 0 Å². The predicted octanol–water partition coefficient (Wildman–Crippen LogP) is 3.27. The fourth-order valence-corrected chi connectivity index (χ4v) is 3.02. The first-order valence-electron chi connectivity index (χ1n) is 5.97. The zero-order valence-electron chi connectivity index (χ0n) is 9.45. The van der Waals surface area contributed by atoms with Crippen molar-refractivity contribution in [2.75, 3.05) is 0 Å². The molecule has 0 aliphatic heterocycles. The summed E-state index contributed by atoms with van der Waals surface area (Å²) in [6.07, 6.45) is 5.81. The van der Waals surface area contributed by atoms with Crippen molar-refractivity contribution in [2.45, 2.75) is 50.5 Å². The van der Waals surface area contributed by atoms with Gasteiger partial charge in [0.2, 0.25) is 0 Å². The number of aliphatic hydroxyl groups excluding tert-OH is 1. The third-order valence-corrected chi connectivity index (χ3v) is 3.63. The van der Waals surface area contributed by atoms with Gasteiger partial charge in [-0.2, -0.15) is 0 Å². The van der Waals surface area contributed by atoms with Crippen molar-refractivity contribution < 1.29 is 5.11 Å². The molecule has 0 bridgehead atoms. The highest BCUT2D eigenvalue weighted by Crippen LogP contribution is 2.44. The molecule has 0 amide bonds. The standard InChI is InChI=1S/C14H20O/c1-12(15)11-14(9-5-6-10-14)13-7-3-2-4-8-13/h2-4,7-8,12,15H,5-6,9-11H2,1H3/t12-/m1/s1. The Morgan fingerprint density at radius 2 is 1.80 bits per heavy atom. The Labute approximate surface area is 92.1 Å². The van der Waals surface area contributed by atoms with Gasteiger partial charge in [-0.3, -0.25) is 0 Å². The van der Waals surface area contributed by atoms with E-state index in [0.717, 1.165) is 6.42 Å². The minimum Gasteiger partial charge on any atom is -0.393 e. The summed E-state index contributed by atoms with van der Waals surface area (Å²) in [7, 11) is 0. The Morgan fingerprint density at radius 1 is 1.20 bits per heavy atom. The van der Waals surface area contributed by atoms with Crippen molar-refractivity contribution in [2.24, 2.45) is 0 Å². The van der Waals surface area contributed by atoms with Crippen LogP contribution in [0.1, 0.15) is 44.6 Å². The monoisotopic (exact) mass is 204 g/mol. The topological polar surface area (TPSA) is 20.2 Å². The van der Waals surface area contributed by atoms with E-state index in [1.165, 1.54) is 31.2 Å². The average molecular weight is 204 g/mol. The van der Waals surface area contributed by atoms with Crippen molar-refractivity contribution in [3.63, 3.8) is 0 Å². The summed E-state index contributed by atoms with van der Waals surface area (Å²) in [6.45, 7) is 1.91. The number of hydrogen-bond donors (Lipinski definition) is 1. The molecule has 1 aliphatic rings. The first-order chi connectivity index (χ1) is 7.23. The van der Waals surface area contributed by atoms with E-state index >= 15 is 0 Å². The van der Waals surface area contributed by atoms with Crippen molar-refractivity contribution in [1.29, 1.82) is 0 Å². The van der Waals surface area contributed by atoms with E-state index in [2.05, 4.69) is 30.3 Å². The molecule has 82 valence electrons.